The predicted molar refractivity (Wildman–Crippen MR) is 149 cm³/mol. The summed E-state index contributed by atoms with van der Waals surface area (Å²) in [6.45, 7) is 6.94. The molecule has 0 saturated heterocycles. The van der Waals surface area contributed by atoms with Crippen LogP contribution in [0.5, 0.6) is 0 Å². The van der Waals surface area contributed by atoms with Crippen LogP contribution in [-0.2, 0) is 25.8 Å². The predicted octanol–water partition coefficient (Wildman–Crippen LogP) is 5.19. The lowest BCUT2D eigenvalue weighted by Crippen LogP contribution is -2.26. The van der Waals surface area contributed by atoms with Gasteiger partial charge in [0, 0.05) is 23.7 Å². The van der Waals surface area contributed by atoms with Gasteiger partial charge in [-0.1, -0.05) is 69.7 Å². The maximum atomic E-state index is 13.8. The van der Waals surface area contributed by atoms with Crippen molar-refractivity contribution in [1.29, 1.82) is 0 Å². The Kier molecular flexibility index (Phi) is 7.58. The van der Waals surface area contributed by atoms with Gasteiger partial charge in [-0.05, 0) is 64.9 Å². The zero-order valence-corrected chi connectivity index (χ0v) is 22.2. The molecular formula is C30H33N7O. The third-order valence-electron chi connectivity index (χ3n) is 7.00. The number of hydrogen-bond acceptors (Lipinski definition) is 5. The zero-order valence-electron chi connectivity index (χ0n) is 22.2. The minimum atomic E-state index is -0.000178. The molecule has 0 saturated carbocycles. The molecule has 38 heavy (non-hydrogen) atoms. The Hall–Kier alpha value is -4.33. The van der Waals surface area contributed by atoms with E-state index >= 15 is 0 Å². The number of pyridine rings is 1. The fourth-order valence-corrected chi connectivity index (χ4v) is 4.96. The van der Waals surface area contributed by atoms with Crippen molar-refractivity contribution in [2.75, 3.05) is 0 Å². The standard InChI is InChI=1S/C30H33N7O/c1-4-7-13-25-20-36(29-23(5-2)11-10-12-24(29)6-3)30(38)35(25)19-22-16-17-27(31-18-22)26-14-8-9-15-28(26)37-21-32-33-34-37/h8-12,14-18,20-21H,4-7,13,19H2,1-3H3. The van der Waals surface area contributed by atoms with E-state index in [1.807, 2.05) is 51.7 Å². The Morgan fingerprint density at radius 1 is 0.895 bits per heavy atom. The third kappa shape index (κ3) is 4.94. The minimum Gasteiger partial charge on any atom is -0.292 e. The largest absolute Gasteiger partial charge is 0.333 e. The van der Waals surface area contributed by atoms with Gasteiger partial charge in [0.05, 0.1) is 23.6 Å². The Bertz CT molecular complexity index is 1540. The smallest absolute Gasteiger partial charge is 0.292 e. The maximum Gasteiger partial charge on any atom is 0.333 e. The van der Waals surface area contributed by atoms with Crippen molar-refractivity contribution in [1.82, 2.24) is 34.3 Å². The van der Waals surface area contributed by atoms with Gasteiger partial charge in [0.25, 0.3) is 0 Å². The molecule has 5 aromatic rings. The van der Waals surface area contributed by atoms with E-state index in [1.54, 1.807) is 11.0 Å². The molecule has 0 atom stereocenters. The number of tetrazole rings is 1. The van der Waals surface area contributed by atoms with Crippen LogP contribution in [-0.4, -0.2) is 34.3 Å². The number of aryl methyl sites for hydroxylation is 3. The van der Waals surface area contributed by atoms with Gasteiger partial charge in [-0.15, -0.1) is 5.10 Å². The van der Waals surface area contributed by atoms with Crippen LogP contribution >= 0.6 is 0 Å². The Balaban J connectivity index is 1.51. The molecule has 0 bridgehead atoms. The van der Waals surface area contributed by atoms with Gasteiger partial charge in [-0.3, -0.25) is 14.1 Å². The molecule has 0 N–H and O–H groups in total. The monoisotopic (exact) mass is 507 g/mol. The van der Waals surface area contributed by atoms with Crippen molar-refractivity contribution >= 4 is 0 Å². The number of rotatable bonds is 10. The van der Waals surface area contributed by atoms with Crippen LogP contribution < -0.4 is 5.69 Å². The van der Waals surface area contributed by atoms with E-state index in [9.17, 15) is 4.79 Å². The Morgan fingerprint density at radius 3 is 2.34 bits per heavy atom. The molecule has 3 heterocycles. The molecule has 0 fully saturated rings. The molecule has 194 valence electrons. The van der Waals surface area contributed by atoms with Gasteiger partial charge in [-0.25, -0.2) is 4.79 Å². The summed E-state index contributed by atoms with van der Waals surface area (Å²) in [7, 11) is 0. The molecule has 0 unspecified atom stereocenters. The molecule has 0 aliphatic heterocycles. The van der Waals surface area contributed by atoms with E-state index in [4.69, 9.17) is 4.98 Å². The molecule has 0 aliphatic carbocycles. The van der Waals surface area contributed by atoms with Crippen LogP contribution in [0, 0.1) is 0 Å². The van der Waals surface area contributed by atoms with E-state index in [-0.39, 0.29) is 5.69 Å². The van der Waals surface area contributed by atoms with Crippen LogP contribution in [0.3, 0.4) is 0 Å². The van der Waals surface area contributed by atoms with Crippen LogP contribution in [0.1, 0.15) is 56.0 Å². The maximum absolute atomic E-state index is 13.8. The molecule has 2 aromatic carbocycles. The van der Waals surface area contributed by atoms with Crippen molar-refractivity contribution in [3.05, 3.63) is 106 Å². The number of benzene rings is 2. The third-order valence-corrected chi connectivity index (χ3v) is 7.00. The van der Waals surface area contributed by atoms with E-state index < -0.39 is 0 Å². The lowest BCUT2D eigenvalue weighted by molar-refractivity contribution is 0.672. The number of hydrogen-bond donors (Lipinski definition) is 0. The Labute approximate surface area is 222 Å². The topological polar surface area (TPSA) is 83.4 Å². The SMILES string of the molecule is CCCCc1cn(-c2c(CC)cccc2CC)c(=O)n1Cc1ccc(-c2ccccc2-n2cnnn2)nc1. The van der Waals surface area contributed by atoms with Gasteiger partial charge in [0.2, 0.25) is 0 Å². The zero-order chi connectivity index (χ0) is 26.5. The molecule has 0 aliphatic rings. The minimum absolute atomic E-state index is 0.000178. The van der Waals surface area contributed by atoms with Crippen molar-refractivity contribution < 1.29 is 0 Å². The second-order valence-corrected chi connectivity index (χ2v) is 9.42. The molecule has 8 heteroatoms. The normalized spacial score (nSPS) is 11.2. The highest BCUT2D eigenvalue weighted by molar-refractivity contribution is 5.69. The number of para-hydroxylation sites is 2. The van der Waals surface area contributed by atoms with E-state index in [2.05, 4.69) is 60.7 Å². The highest BCUT2D eigenvalue weighted by Crippen LogP contribution is 2.25. The molecule has 0 radical (unpaired) electrons. The molecular weight excluding hydrogens is 474 g/mol. The Morgan fingerprint density at radius 2 is 1.68 bits per heavy atom. The first-order valence-electron chi connectivity index (χ1n) is 13.3. The summed E-state index contributed by atoms with van der Waals surface area (Å²) < 4.78 is 5.41. The second-order valence-electron chi connectivity index (χ2n) is 9.42. The molecule has 8 nitrogen and oxygen atoms in total. The number of unbranched alkanes of at least 4 members (excludes halogenated alkanes) is 1. The highest BCUT2D eigenvalue weighted by Gasteiger charge is 2.17. The van der Waals surface area contributed by atoms with Crippen molar-refractivity contribution in [2.45, 2.75) is 59.4 Å². The summed E-state index contributed by atoms with van der Waals surface area (Å²) >= 11 is 0. The second kappa shape index (κ2) is 11.4. The van der Waals surface area contributed by atoms with E-state index in [0.717, 1.165) is 66.0 Å². The van der Waals surface area contributed by atoms with Gasteiger partial charge in [0.15, 0.2) is 0 Å². The lowest BCUT2D eigenvalue weighted by Gasteiger charge is -2.13. The fraction of sp³-hybridized carbons (Fsp3) is 0.300. The molecule has 0 amide bonds. The van der Waals surface area contributed by atoms with Crippen molar-refractivity contribution in [2.24, 2.45) is 0 Å². The van der Waals surface area contributed by atoms with Crippen LogP contribution in [0.25, 0.3) is 22.6 Å². The lowest BCUT2D eigenvalue weighted by atomic mass is 10.0. The number of nitrogens with zero attached hydrogens (tertiary/aromatic N) is 7. The van der Waals surface area contributed by atoms with Crippen LogP contribution in [0.15, 0.2) is 78.1 Å². The summed E-state index contributed by atoms with van der Waals surface area (Å²) in [6.07, 6.45) is 10.2. The van der Waals surface area contributed by atoms with E-state index in [1.165, 1.54) is 11.1 Å². The van der Waals surface area contributed by atoms with Crippen molar-refractivity contribution in [3.63, 3.8) is 0 Å². The summed E-state index contributed by atoms with van der Waals surface area (Å²) in [5, 5.41) is 11.5. The average Bonchev–Trinajstić information content (AvgIpc) is 3.61. The number of imidazole rings is 1. The molecule has 0 spiro atoms. The van der Waals surface area contributed by atoms with Crippen LogP contribution in [0.4, 0.5) is 0 Å². The summed E-state index contributed by atoms with van der Waals surface area (Å²) in [4.78, 5) is 18.6. The summed E-state index contributed by atoms with van der Waals surface area (Å²) in [5.41, 5.74) is 8.06. The first-order chi connectivity index (χ1) is 18.6. The molecule has 3 aromatic heterocycles. The first kappa shape index (κ1) is 25.3. The highest BCUT2D eigenvalue weighted by atomic mass is 16.1. The summed E-state index contributed by atoms with van der Waals surface area (Å²) in [6, 6.07) is 18.3. The van der Waals surface area contributed by atoms with Gasteiger partial charge in [-0.2, -0.15) is 4.68 Å². The quantitative estimate of drug-likeness (QED) is 0.260. The van der Waals surface area contributed by atoms with Crippen LogP contribution in [0.2, 0.25) is 0 Å². The fourth-order valence-electron chi connectivity index (χ4n) is 4.96. The van der Waals surface area contributed by atoms with Gasteiger partial charge >= 0.3 is 5.69 Å². The summed E-state index contributed by atoms with van der Waals surface area (Å²) in [5.74, 6) is 0. The van der Waals surface area contributed by atoms with E-state index in [0.29, 0.717) is 6.54 Å². The number of aromatic nitrogens is 7. The van der Waals surface area contributed by atoms with Crippen molar-refractivity contribution in [3.8, 4) is 22.6 Å². The average molecular weight is 508 g/mol. The van der Waals surface area contributed by atoms with Gasteiger partial charge < -0.3 is 0 Å². The first-order valence-corrected chi connectivity index (χ1v) is 13.3. The molecule has 5 rings (SSSR count). The van der Waals surface area contributed by atoms with Gasteiger partial charge in [0.1, 0.15) is 6.33 Å².